The number of nitrogens with one attached hydrogen (secondary N) is 2. The molecule has 3 heterocycles. The quantitative estimate of drug-likeness (QED) is 0.404. The topological polar surface area (TPSA) is 141 Å². The first-order chi connectivity index (χ1) is 13.1. The van der Waals surface area contributed by atoms with Crippen molar-refractivity contribution >= 4 is 28.4 Å². The zero-order chi connectivity index (χ0) is 18.8. The largest absolute Gasteiger partial charge is 0.459 e. The van der Waals surface area contributed by atoms with E-state index >= 15 is 0 Å². The summed E-state index contributed by atoms with van der Waals surface area (Å²) in [6, 6.07) is 10.1. The molecule has 0 saturated carbocycles. The molecule has 0 aliphatic heterocycles. The maximum atomic E-state index is 12.0. The maximum Gasteiger partial charge on any atom is 0.355 e. The van der Waals surface area contributed by atoms with Crippen LogP contribution in [0.3, 0.4) is 0 Å². The van der Waals surface area contributed by atoms with Crippen molar-refractivity contribution in [2.45, 2.75) is 0 Å². The maximum absolute atomic E-state index is 12.0. The molecule has 3 aromatic heterocycles. The van der Waals surface area contributed by atoms with E-state index in [-0.39, 0.29) is 17.4 Å². The molecule has 11 heteroatoms. The highest BCUT2D eigenvalue weighted by Gasteiger charge is 2.26. The van der Waals surface area contributed by atoms with Gasteiger partial charge in [-0.25, -0.2) is 15.0 Å². The number of furan rings is 1. The van der Waals surface area contributed by atoms with Crippen LogP contribution in [0.1, 0.15) is 10.6 Å². The molecule has 0 unspecified atom stereocenters. The van der Waals surface area contributed by atoms with Crippen molar-refractivity contribution in [3.8, 4) is 5.82 Å². The Morgan fingerprint density at radius 2 is 2.00 bits per heavy atom. The number of hydrogen-bond acceptors (Lipinski definition) is 8. The summed E-state index contributed by atoms with van der Waals surface area (Å²) in [5.41, 5.74) is 5.64. The van der Waals surface area contributed by atoms with Crippen LogP contribution in [-0.4, -0.2) is 30.3 Å². The van der Waals surface area contributed by atoms with Crippen molar-refractivity contribution in [2.75, 3.05) is 5.43 Å². The molecule has 0 aliphatic rings. The standard InChI is InChI=1S/C16H11N7O4/c24-16(12-6-3-7-27-12)21-20-14-13(23(25)26)15(18-8-17-14)22-9-19-10-4-1-2-5-11(10)22/h1-9H,(H,21,24)(H,17,18,20). The summed E-state index contributed by atoms with van der Waals surface area (Å²) >= 11 is 0. The molecule has 1 aromatic carbocycles. The number of anilines is 1. The molecule has 11 nitrogen and oxygen atoms in total. The SMILES string of the molecule is O=C(NNc1ncnc(-n2cnc3ccccc32)c1[N+](=O)[O-])c1ccco1. The molecule has 4 rings (SSSR count). The summed E-state index contributed by atoms with van der Waals surface area (Å²) in [4.78, 5) is 35.1. The fraction of sp³-hybridized carbons (Fsp3) is 0. The van der Waals surface area contributed by atoms with E-state index in [0.29, 0.717) is 11.0 Å². The van der Waals surface area contributed by atoms with Crippen LogP contribution in [-0.2, 0) is 0 Å². The lowest BCUT2D eigenvalue weighted by Crippen LogP contribution is -2.30. The minimum Gasteiger partial charge on any atom is -0.459 e. The molecule has 0 aliphatic carbocycles. The zero-order valence-electron chi connectivity index (χ0n) is 13.6. The van der Waals surface area contributed by atoms with Crippen molar-refractivity contribution in [1.82, 2.24) is 24.9 Å². The van der Waals surface area contributed by atoms with Gasteiger partial charge in [-0.1, -0.05) is 12.1 Å². The number of para-hydroxylation sites is 2. The average Bonchev–Trinajstić information content (AvgIpc) is 3.35. The Hall–Kier alpha value is -4.28. The molecule has 134 valence electrons. The second-order valence-electron chi connectivity index (χ2n) is 5.31. The van der Waals surface area contributed by atoms with E-state index in [4.69, 9.17) is 4.42 Å². The zero-order valence-corrected chi connectivity index (χ0v) is 13.6. The summed E-state index contributed by atoms with van der Waals surface area (Å²) in [5.74, 6) is -0.733. The van der Waals surface area contributed by atoms with Gasteiger partial charge in [0.15, 0.2) is 5.76 Å². The van der Waals surface area contributed by atoms with Gasteiger partial charge >= 0.3 is 11.6 Å². The third kappa shape index (κ3) is 2.93. The number of rotatable bonds is 5. The highest BCUT2D eigenvalue weighted by Crippen LogP contribution is 2.29. The van der Waals surface area contributed by atoms with Gasteiger partial charge in [-0.15, -0.1) is 0 Å². The van der Waals surface area contributed by atoms with Crippen LogP contribution in [0.2, 0.25) is 0 Å². The van der Waals surface area contributed by atoms with Gasteiger partial charge in [0.1, 0.15) is 12.7 Å². The Morgan fingerprint density at radius 1 is 1.15 bits per heavy atom. The summed E-state index contributed by atoms with van der Waals surface area (Å²) < 4.78 is 6.44. The Bertz CT molecular complexity index is 1140. The number of imidazole rings is 1. The van der Waals surface area contributed by atoms with Crippen molar-refractivity contribution in [2.24, 2.45) is 0 Å². The fourth-order valence-corrected chi connectivity index (χ4v) is 2.52. The van der Waals surface area contributed by atoms with Crippen molar-refractivity contribution in [3.05, 3.63) is 71.2 Å². The van der Waals surface area contributed by atoms with Gasteiger partial charge in [-0.2, -0.15) is 0 Å². The van der Waals surface area contributed by atoms with Gasteiger partial charge in [0.25, 0.3) is 0 Å². The fourth-order valence-electron chi connectivity index (χ4n) is 2.52. The molecular formula is C16H11N7O4. The molecule has 0 fully saturated rings. The van der Waals surface area contributed by atoms with Crippen LogP contribution in [0.5, 0.6) is 0 Å². The lowest BCUT2D eigenvalue weighted by Gasteiger charge is -2.09. The Balaban J connectivity index is 1.72. The molecule has 27 heavy (non-hydrogen) atoms. The smallest absolute Gasteiger partial charge is 0.355 e. The second kappa shape index (κ2) is 6.55. The van der Waals surface area contributed by atoms with E-state index in [1.54, 1.807) is 24.3 Å². The van der Waals surface area contributed by atoms with Crippen molar-refractivity contribution in [1.29, 1.82) is 0 Å². The Labute approximate surface area is 150 Å². The van der Waals surface area contributed by atoms with Crippen molar-refractivity contribution in [3.63, 3.8) is 0 Å². The molecule has 0 bridgehead atoms. The number of amides is 1. The summed E-state index contributed by atoms with van der Waals surface area (Å²) in [5, 5.41) is 11.7. The number of nitro groups is 1. The van der Waals surface area contributed by atoms with Crippen LogP contribution in [0.4, 0.5) is 11.5 Å². The number of carbonyl (C=O) groups is 1. The minimum atomic E-state index is -0.633. The number of carbonyl (C=O) groups excluding carboxylic acids is 1. The number of nitrogens with zero attached hydrogens (tertiary/aromatic N) is 5. The van der Waals surface area contributed by atoms with E-state index in [2.05, 4.69) is 25.8 Å². The molecule has 1 amide bonds. The molecule has 2 N–H and O–H groups in total. The van der Waals surface area contributed by atoms with E-state index in [1.165, 1.54) is 23.2 Å². The summed E-state index contributed by atoms with van der Waals surface area (Å²) in [6.07, 6.45) is 3.92. The Kier molecular flexibility index (Phi) is 3.93. The predicted molar refractivity (Wildman–Crippen MR) is 93.1 cm³/mol. The molecule has 0 radical (unpaired) electrons. The van der Waals surface area contributed by atoms with Crippen LogP contribution in [0.25, 0.3) is 16.9 Å². The van der Waals surface area contributed by atoms with Crippen LogP contribution >= 0.6 is 0 Å². The average molecular weight is 365 g/mol. The first kappa shape index (κ1) is 16.2. The third-order valence-electron chi connectivity index (χ3n) is 3.71. The van der Waals surface area contributed by atoms with Crippen molar-refractivity contribution < 1.29 is 14.1 Å². The van der Waals surface area contributed by atoms with Gasteiger partial charge in [-0.3, -0.25) is 30.3 Å². The molecule has 0 atom stereocenters. The van der Waals surface area contributed by atoms with Crippen LogP contribution < -0.4 is 10.9 Å². The monoisotopic (exact) mass is 365 g/mol. The number of fused-ring (bicyclic) bond motifs is 1. The number of hydrogen-bond donors (Lipinski definition) is 2. The van der Waals surface area contributed by atoms with Gasteiger partial charge in [-0.05, 0) is 24.3 Å². The lowest BCUT2D eigenvalue weighted by atomic mass is 10.3. The van der Waals surface area contributed by atoms with E-state index < -0.39 is 16.5 Å². The highest BCUT2D eigenvalue weighted by atomic mass is 16.6. The van der Waals surface area contributed by atoms with Gasteiger partial charge in [0.2, 0.25) is 11.6 Å². The lowest BCUT2D eigenvalue weighted by molar-refractivity contribution is -0.384. The van der Waals surface area contributed by atoms with E-state index in [1.807, 2.05) is 6.07 Å². The third-order valence-corrected chi connectivity index (χ3v) is 3.71. The number of benzene rings is 1. The highest BCUT2D eigenvalue weighted by molar-refractivity contribution is 5.92. The second-order valence-corrected chi connectivity index (χ2v) is 5.31. The summed E-state index contributed by atoms with van der Waals surface area (Å²) in [7, 11) is 0. The first-order valence-corrected chi connectivity index (χ1v) is 7.67. The molecule has 4 aromatic rings. The van der Waals surface area contributed by atoms with Gasteiger partial charge in [0.05, 0.1) is 22.2 Å². The number of hydrazine groups is 1. The first-order valence-electron chi connectivity index (χ1n) is 7.67. The minimum absolute atomic E-state index is 0.0125. The Morgan fingerprint density at radius 3 is 2.78 bits per heavy atom. The normalized spacial score (nSPS) is 10.7. The number of aromatic nitrogens is 4. The molecule has 0 saturated heterocycles. The molecular weight excluding hydrogens is 354 g/mol. The summed E-state index contributed by atoms with van der Waals surface area (Å²) in [6.45, 7) is 0. The van der Waals surface area contributed by atoms with Gasteiger partial charge < -0.3 is 4.42 Å². The van der Waals surface area contributed by atoms with E-state index in [0.717, 1.165) is 6.33 Å². The van der Waals surface area contributed by atoms with Crippen LogP contribution in [0, 0.1) is 10.1 Å². The predicted octanol–water partition coefficient (Wildman–Crippen LogP) is 2.07. The van der Waals surface area contributed by atoms with Crippen LogP contribution in [0.15, 0.2) is 59.7 Å². The molecule has 0 spiro atoms. The van der Waals surface area contributed by atoms with Gasteiger partial charge in [0, 0.05) is 0 Å². The van der Waals surface area contributed by atoms with E-state index in [9.17, 15) is 14.9 Å².